The third-order valence-corrected chi connectivity index (χ3v) is 3.85. The van der Waals surface area contributed by atoms with E-state index in [4.69, 9.17) is 11.6 Å². The normalized spacial score (nSPS) is 14.5. The molecule has 104 valence electrons. The monoisotopic (exact) mass is 291 g/mol. The molecule has 1 aromatic carbocycles. The Morgan fingerprint density at radius 1 is 1.10 bits per heavy atom. The Labute approximate surface area is 122 Å². The van der Waals surface area contributed by atoms with Crippen LogP contribution < -0.4 is 5.32 Å². The van der Waals surface area contributed by atoms with Crippen molar-refractivity contribution in [2.75, 3.05) is 5.32 Å². The van der Waals surface area contributed by atoms with Gasteiger partial charge in [0, 0.05) is 16.9 Å². The van der Waals surface area contributed by atoms with Gasteiger partial charge in [0.1, 0.15) is 18.0 Å². The van der Waals surface area contributed by atoms with Crippen molar-refractivity contribution in [3.63, 3.8) is 0 Å². The summed E-state index contributed by atoms with van der Waals surface area (Å²) in [5.41, 5.74) is 3.03. The van der Waals surface area contributed by atoms with E-state index < -0.39 is 5.82 Å². The summed E-state index contributed by atoms with van der Waals surface area (Å²) in [7, 11) is 0. The lowest BCUT2D eigenvalue weighted by molar-refractivity contribution is 0.628. The van der Waals surface area contributed by atoms with Crippen LogP contribution in [0.1, 0.15) is 30.5 Å². The van der Waals surface area contributed by atoms with Crippen molar-refractivity contribution in [3.05, 3.63) is 46.6 Å². The molecule has 1 N–H and O–H groups in total. The van der Waals surface area contributed by atoms with Crippen molar-refractivity contribution < 1.29 is 4.39 Å². The molecule has 0 saturated carbocycles. The molecule has 20 heavy (non-hydrogen) atoms. The van der Waals surface area contributed by atoms with Gasteiger partial charge in [-0.2, -0.15) is 0 Å². The maximum atomic E-state index is 13.2. The Balaban J connectivity index is 1.92. The van der Waals surface area contributed by atoms with Gasteiger partial charge in [-0.25, -0.2) is 14.4 Å². The van der Waals surface area contributed by atoms with Crippen LogP contribution in [0.15, 0.2) is 24.5 Å². The lowest BCUT2D eigenvalue weighted by atomic mass is 10.1. The molecule has 0 unspecified atom stereocenters. The molecule has 1 aromatic heterocycles. The van der Waals surface area contributed by atoms with Crippen LogP contribution in [0.2, 0.25) is 5.02 Å². The topological polar surface area (TPSA) is 37.8 Å². The molecule has 0 atom stereocenters. The molecule has 2 aromatic rings. The van der Waals surface area contributed by atoms with Crippen LogP contribution in [0.5, 0.6) is 0 Å². The summed E-state index contributed by atoms with van der Waals surface area (Å²) in [6.45, 7) is 0. The predicted molar refractivity (Wildman–Crippen MR) is 78.0 cm³/mol. The summed E-state index contributed by atoms with van der Waals surface area (Å²) in [6, 6.07) is 4.58. The molecule has 1 aliphatic carbocycles. The first-order valence-electron chi connectivity index (χ1n) is 6.79. The number of aryl methyl sites for hydroxylation is 1. The second-order valence-corrected chi connectivity index (χ2v) is 5.37. The van der Waals surface area contributed by atoms with Crippen LogP contribution >= 0.6 is 11.6 Å². The van der Waals surface area contributed by atoms with Gasteiger partial charge in [-0.05, 0) is 43.9 Å². The van der Waals surface area contributed by atoms with Crippen LogP contribution in [-0.4, -0.2) is 9.97 Å². The number of hydrogen-bond acceptors (Lipinski definition) is 3. The molecule has 0 amide bonds. The van der Waals surface area contributed by atoms with Crippen molar-refractivity contribution in [2.45, 2.75) is 32.1 Å². The Hall–Kier alpha value is -1.68. The van der Waals surface area contributed by atoms with Gasteiger partial charge in [-0.15, -0.1) is 0 Å². The zero-order valence-electron chi connectivity index (χ0n) is 11.0. The molecule has 0 aliphatic heterocycles. The second-order valence-electron chi connectivity index (χ2n) is 4.96. The minimum absolute atomic E-state index is 0.107. The van der Waals surface area contributed by atoms with Crippen LogP contribution in [0.4, 0.5) is 15.9 Å². The van der Waals surface area contributed by atoms with Gasteiger partial charge in [-0.3, -0.25) is 0 Å². The highest BCUT2D eigenvalue weighted by Crippen LogP contribution is 2.27. The summed E-state index contributed by atoms with van der Waals surface area (Å²) in [4.78, 5) is 8.70. The lowest BCUT2D eigenvalue weighted by Gasteiger charge is -2.12. The highest BCUT2D eigenvalue weighted by Gasteiger charge is 2.14. The highest BCUT2D eigenvalue weighted by atomic mass is 35.5. The molecule has 5 heteroatoms. The van der Waals surface area contributed by atoms with Crippen molar-refractivity contribution in [3.8, 4) is 0 Å². The molecule has 3 rings (SSSR count). The van der Waals surface area contributed by atoms with Gasteiger partial charge in [0.15, 0.2) is 0 Å². The number of rotatable bonds is 2. The third-order valence-electron chi connectivity index (χ3n) is 3.56. The summed E-state index contributed by atoms with van der Waals surface area (Å²) in [5, 5.41) is 3.33. The number of aromatic nitrogens is 2. The van der Waals surface area contributed by atoms with E-state index in [9.17, 15) is 4.39 Å². The number of fused-ring (bicyclic) bond motifs is 1. The Morgan fingerprint density at radius 3 is 2.80 bits per heavy atom. The van der Waals surface area contributed by atoms with Crippen molar-refractivity contribution in [2.24, 2.45) is 0 Å². The van der Waals surface area contributed by atoms with Gasteiger partial charge < -0.3 is 5.32 Å². The van der Waals surface area contributed by atoms with Crippen LogP contribution in [0.3, 0.4) is 0 Å². The SMILES string of the molecule is Fc1ccc(Nc2ncnc3c2CCCCC3)cc1Cl. The minimum Gasteiger partial charge on any atom is -0.340 e. The van der Waals surface area contributed by atoms with E-state index in [0.29, 0.717) is 0 Å². The Bertz CT molecular complexity index is 631. The first kappa shape index (κ1) is 13.3. The average Bonchev–Trinajstić information content (AvgIpc) is 2.69. The maximum absolute atomic E-state index is 13.2. The van der Waals surface area contributed by atoms with Gasteiger partial charge in [0.2, 0.25) is 0 Å². The van der Waals surface area contributed by atoms with E-state index in [2.05, 4.69) is 15.3 Å². The van der Waals surface area contributed by atoms with E-state index in [-0.39, 0.29) is 5.02 Å². The highest BCUT2D eigenvalue weighted by molar-refractivity contribution is 6.31. The van der Waals surface area contributed by atoms with E-state index in [1.165, 1.54) is 24.5 Å². The standard InChI is InChI=1S/C15H15ClFN3/c16-12-8-10(6-7-13(12)17)20-15-11-4-2-1-3-5-14(11)18-9-19-15/h6-9H,1-5H2,(H,18,19,20). The number of nitrogens with zero attached hydrogens (tertiary/aromatic N) is 2. The van der Waals surface area contributed by atoms with Crippen LogP contribution in [0.25, 0.3) is 0 Å². The number of benzene rings is 1. The first-order chi connectivity index (χ1) is 9.74. The molecule has 1 aliphatic rings. The summed E-state index contributed by atoms with van der Waals surface area (Å²) < 4.78 is 13.2. The average molecular weight is 292 g/mol. The van der Waals surface area contributed by atoms with Gasteiger partial charge in [-0.1, -0.05) is 18.0 Å². The second kappa shape index (κ2) is 5.75. The van der Waals surface area contributed by atoms with Gasteiger partial charge in [0.05, 0.1) is 5.02 Å². The molecular weight excluding hydrogens is 277 g/mol. The van der Waals surface area contributed by atoms with Crippen LogP contribution in [0, 0.1) is 5.82 Å². The molecule has 0 bridgehead atoms. The first-order valence-corrected chi connectivity index (χ1v) is 7.16. The third kappa shape index (κ3) is 2.75. The summed E-state index contributed by atoms with van der Waals surface area (Å²) in [5.74, 6) is 0.387. The van der Waals surface area contributed by atoms with Gasteiger partial charge in [0.25, 0.3) is 0 Å². The maximum Gasteiger partial charge on any atom is 0.141 e. The minimum atomic E-state index is -0.418. The van der Waals surface area contributed by atoms with Gasteiger partial charge >= 0.3 is 0 Å². The quantitative estimate of drug-likeness (QED) is 0.839. The fourth-order valence-electron chi connectivity index (χ4n) is 2.52. The fourth-order valence-corrected chi connectivity index (χ4v) is 2.70. The Morgan fingerprint density at radius 2 is 1.95 bits per heavy atom. The molecule has 1 heterocycles. The van der Waals surface area contributed by atoms with Crippen molar-refractivity contribution >= 4 is 23.1 Å². The molecule has 0 radical (unpaired) electrons. The predicted octanol–water partition coefficient (Wildman–Crippen LogP) is 4.28. The number of anilines is 2. The zero-order chi connectivity index (χ0) is 13.9. The largest absolute Gasteiger partial charge is 0.340 e. The van der Waals surface area contributed by atoms with Crippen LogP contribution in [-0.2, 0) is 12.8 Å². The smallest absolute Gasteiger partial charge is 0.141 e. The fraction of sp³-hybridized carbons (Fsp3) is 0.333. The summed E-state index contributed by atoms with van der Waals surface area (Å²) >= 11 is 5.80. The Kier molecular flexibility index (Phi) is 3.83. The molecular formula is C15H15ClFN3. The molecule has 0 fully saturated rings. The molecule has 3 nitrogen and oxygen atoms in total. The number of hydrogen-bond donors (Lipinski definition) is 1. The lowest BCUT2D eigenvalue weighted by Crippen LogP contribution is -2.04. The van der Waals surface area contributed by atoms with E-state index in [0.717, 1.165) is 36.5 Å². The van der Waals surface area contributed by atoms with Crippen molar-refractivity contribution in [1.29, 1.82) is 0 Å². The zero-order valence-corrected chi connectivity index (χ0v) is 11.8. The van der Waals surface area contributed by atoms with Crippen molar-refractivity contribution in [1.82, 2.24) is 9.97 Å². The number of nitrogens with one attached hydrogen (secondary N) is 1. The van der Waals surface area contributed by atoms with E-state index in [1.807, 2.05) is 0 Å². The number of halogens is 2. The summed E-state index contributed by atoms with van der Waals surface area (Å²) in [6.07, 6.45) is 7.10. The molecule has 0 spiro atoms. The van der Waals surface area contributed by atoms with E-state index in [1.54, 1.807) is 18.5 Å². The van der Waals surface area contributed by atoms with E-state index >= 15 is 0 Å². The molecule has 0 saturated heterocycles.